The Bertz CT molecular complexity index is 1400. The van der Waals surface area contributed by atoms with Crippen molar-refractivity contribution in [3.8, 4) is 0 Å². The first-order valence-corrected chi connectivity index (χ1v) is 12.8. The number of thioether (sulfide) groups is 1. The van der Waals surface area contributed by atoms with Crippen LogP contribution in [0.2, 0.25) is 0 Å². The van der Waals surface area contributed by atoms with Crippen LogP contribution in [0.4, 0.5) is 10.2 Å². The Morgan fingerprint density at radius 3 is 2.71 bits per heavy atom. The smallest absolute Gasteiger partial charge is 0.257 e. The first-order chi connectivity index (χ1) is 16.2. The van der Waals surface area contributed by atoms with Gasteiger partial charge in [-0.05, 0) is 41.2 Å². The molecule has 0 unspecified atom stereocenters. The van der Waals surface area contributed by atoms with Crippen molar-refractivity contribution in [2.24, 2.45) is 5.41 Å². The molecule has 0 amide bonds. The second kappa shape index (κ2) is 8.82. The zero-order valence-corrected chi connectivity index (χ0v) is 21.1. The Balaban J connectivity index is 1.59. The number of allylic oxidation sites excluding steroid dienone is 2. The zero-order valence-electron chi connectivity index (χ0n) is 18.7. The van der Waals surface area contributed by atoms with Gasteiger partial charge in [0.25, 0.3) is 5.56 Å². The van der Waals surface area contributed by atoms with Crippen LogP contribution in [-0.4, -0.2) is 15.8 Å². The van der Waals surface area contributed by atoms with Gasteiger partial charge in [0, 0.05) is 33.8 Å². The molecule has 0 fully saturated rings. The van der Waals surface area contributed by atoms with E-state index >= 15 is 0 Å². The number of Topliss-reactive ketones (excluding diaryl/α,β-unsaturated/α-hetero) is 1. The van der Waals surface area contributed by atoms with E-state index in [1.165, 1.54) is 17.8 Å². The highest BCUT2D eigenvalue weighted by Crippen LogP contribution is 2.48. The van der Waals surface area contributed by atoms with Gasteiger partial charge in [-0.3, -0.25) is 9.59 Å². The van der Waals surface area contributed by atoms with E-state index in [-0.39, 0.29) is 22.6 Å². The van der Waals surface area contributed by atoms with Crippen LogP contribution in [0, 0.1) is 11.2 Å². The van der Waals surface area contributed by atoms with Gasteiger partial charge in [-0.1, -0.05) is 71.9 Å². The van der Waals surface area contributed by atoms with Gasteiger partial charge >= 0.3 is 0 Å². The van der Waals surface area contributed by atoms with Crippen LogP contribution in [-0.2, 0) is 10.5 Å². The summed E-state index contributed by atoms with van der Waals surface area (Å²) in [6.07, 6.45) is 1.11. The molecule has 5 rings (SSSR count). The van der Waals surface area contributed by atoms with Crippen molar-refractivity contribution in [2.75, 3.05) is 5.32 Å². The predicted octanol–water partition coefficient (Wildman–Crippen LogP) is 6.16. The summed E-state index contributed by atoms with van der Waals surface area (Å²) in [5, 5.41) is 3.72. The molecule has 2 aromatic carbocycles. The minimum absolute atomic E-state index is 0.0479. The number of anilines is 1. The molecule has 2 aliphatic rings. The number of nitrogens with one attached hydrogen (secondary N) is 2. The standard InChI is InChI=1S/C26H23BrFN3O2S/c1-26(2)11-18-21(19(32)12-26)20(14-7-5-8-16(27)10-14)22-23(29-18)30-25(31-24(22)33)34-13-15-6-3-4-9-17(15)28/h3-10,20H,11-13H2,1-2H3,(H2,29,30,31,33)/t20-/m1/s1. The van der Waals surface area contributed by atoms with Gasteiger partial charge in [-0.2, -0.15) is 0 Å². The molecule has 2 N–H and O–H groups in total. The molecular weight excluding hydrogens is 517 g/mol. The monoisotopic (exact) mass is 539 g/mol. The molecule has 1 aromatic heterocycles. The molecule has 0 radical (unpaired) electrons. The molecule has 34 heavy (non-hydrogen) atoms. The Morgan fingerprint density at radius 2 is 1.94 bits per heavy atom. The molecule has 0 saturated heterocycles. The molecular formula is C26H23BrFN3O2S. The lowest BCUT2D eigenvalue weighted by molar-refractivity contribution is -0.118. The molecule has 5 nitrogen and oxygen atoms in total. The third-order valence-corrected chi connectivity index (χ3v) is 7.62. The molecule has 3 aromatic rings. The van der Waals surface area contributed by atoms with Gasteiger partial charge in [-0.25, -0.2) is 9.37 Å². The van der Waals surface area contributed by atoms with Gasteiger partial charge in [0.15, 0.2) is 10.9 Å². The van der Waals surface area contributed by atoms with E-state index in [0.717, 1.165) is 15.7 Å². The second-order valence-electron chi connectivity index (χ2n) is 9.46. The van der Waals surface area contributed by atoms with Crippen molar-refractivity contribution >= 4 is 39.3 Å². The first-order valence-electron chi connectivity index (χ1n) is 11.0. The normalized spacial score (nSPS) is 18.8. The highest BCUT2D eigenvalue weighted by atomic mass is 79.9. The topological polar surface area (TPSA) is 74.8 Å². The molecule has 174 valence electrons. The zero-order chi connectivity index (χ0) is 24.0. The molecule has 1 aliphatic carbocycles. The van der Waals surface area contributed by atoms with Crippen LogP contribution < -0.4 is 10.9 Å². The molecule has 0 saturated carbocycles. The molecule has 2 heterocycles. The summed E-state index contributed by atoms with van der Waals surface area (Å²) < 4.78 is 14.9. The van der Waals surface area contributed by atoms with Crippen molar-refractivity contribution in [3.63, 3.8) is 0 Å². The maximum Gasteiger partial charge on any atom is 0.257 e. The van der Waals surface area contributed by atoms with Crippen LogP contribution in [0.1, 0.15) is 49.3 Å². The third kappa shape index (κ3) is 4.36. The SMILES string of the molecule is CC1(C)CC(=O)C2=C(C1)Nc1nc(SCc3ccccc3F)[nH]c(=O)c1[C@@H]2c1cccc(Br)c1. The van der Waals surface area contributed by atoms with Crippen molar-refractivity contribution in [2.45, 2.75) is 43.5 Å². The average molecular weight is 540 g/mol. The number of carbonyl (C=O) groups is 1. The lowest BCUT2D eigenvalue weighted by Crippen LogP contribution is -2.37. The maximum atomic E-state index is 14.1. The third-order valence-electron chi connectivity index (χ3n) is 6.20. The van der Waals surface area contributed by atoms with Gasteiger partial charge in [-0.15, -0.1) is 0 Å². The average Bonchev–Trinajstić information content (AvgIpc) is 2.76. The van der Waals surface area contributed by atoms with Crippen LogP contribution in [0.25, 0.3) is 0 Å². The van der Waals surface area contributed by atoms with E-state index in [1.807, 2.05) is 24.3 Å². The number of aromatic nitrogens is 2. The van der Waals surface area contributed by atoms with Gasteiger partial charge < -0.3 is 10.3 Å². The van der Waals surface area contributed by atoms with Gasteiger partial charge in [0.2, 0.25) is 0 Å². The van der Waals surface area contributed by atoms with Crippen molar-refractivity contribution < 1.29 is 9.18 Å². The lowest BCUT2D eigenvalue weighted by atomic mass is 9.69. The molecule has 0 spiro atoms. The van der Waals surface area contributed by atoms with E-state index in [9.17, 15) is 14.0 Å². The first kappa shape index (κ1) is 23.1. The minimum Gasteiger partial charge on any atom is -0.343 e. The van der Waals surface area contributed by atoms with Crippen LogP contribution in [0.15, 0.2) is 74.2 Å². The van der Waals surface area contributed by atoms with Gasteiger partial charge in [0.05, 0.1) is 5.56 Å². The molecule has 1 aliphatic heterocycles. The molecule has 8 heteroatoms. The summed E-state index contributed by atoms with van der Waals surface area (Å²) in [7, 11) is 0. The quantitative estimate of drug-likeness (QED) is 0.306. The van der Waals surface area contributed by atoms with E-state index in [2.05, 4.69) is 40.1 Å². The molecule has 1 atom stereocenters. The van der Waals surface area contributed by atoms with Crippen LogP contribution in [0.3, 0.4) is 0 Å². The Kier molecular flexibility index (Phi) is 5.98. The van der Waals surface area contributed by atoms with E-state index in [1.54, 1.807) is 18.2 Å². The van der Waals surface area contributed by atoms with Crippen molar-refractivity contribution in [1.29, 1.82) is 0 Å². The Labute approximate surface area is 209 Å². The second-order valence-corrected chi connectivity index (χ2v) is 11.3. The lowest BCUT2D eigenvalue weighted by Gasteiger charge is -2.38. The summed E-state index contributed by atoms with van der Waals surface area (Å²) in [6.45, 7) is 4.14. The highest BCUT2D eigenvalue weighted by Gasteiger charge is 2.42. The number of carbonyl (C=O) groups excluding carboxylic acids is 1. The van der Waals surface area contributed by atoms with Gasteiger partial charge in [0.1, 0.15) is 11.6 Å². The number of ketones is 1. The van der Waals surface area contributed by atoms with Crippen LogP contribution >= 0.6 is 27.7 Å². The number of hydrogen-bond acceptors (Lipinski definition) is 5. The number of fused-ring (bicyclic) bond motifs is 1. The highest BCUT2D eigenvalue weighted by molar-refractivity contribution is 9.10. The minimum atomic E-state index is -0.505. The Hall–Kier alpha value is -2.71. The van der Waals surface area contributed by atoms with Crippen molar-refractivity contribution in [1.82, 2.24) is 9.97 Å². The van der Waals surface area contributed by atoms with E-state index in [4.69, 9.17) is 4.98 Å². The summed E-state index contributed by atoms with van der Waals surface area (Å²) in [5.74, 6) is 0.0408. The number of nitrogens with zero attached hydrogens (tertiary/aromatic N) is 1. The fourth-order valence-corrected chi connectivity index (χ4v) is 6.01. The summed E-state index contributed by atoms with van der Waals surface area (Å²) in [5.41, 5.74) is 2.80. The molecule has 0 bridgehead atoms. The Morgan fingerprint density at radius 1 is 1.15 bits per heavy atom. The summed E-state index contributed by atoms with van der Waals surface area (Å²) >= 11 is 4.78. The van der Waals surface area contributed by atoms with Crippen LogP contribution in [0.5, 0.6) is 0 Å². The summed E-state index contributed by atoms with van der Waals surface area (Å²) in [6, 6.07) is 14.2. The fraction of sp³-hybridized carbons (Fsp3) is 0.269. The maximum absolute atomic E-state index is 14.1. The summed E-state index contributed by atoms with van der Waals surface area (Å²) in [4.78, 5) is 34.2. The number of benzene rings is 2. The van der Waals surface area contributed by atoms with E-state index < -0.39 is 5.92 Å². The number of halogens is 2. The number of aromatic amines is 1. The number of rotatable bonds is 4. The predicted molar refractivity (Wildman–Crippen MR) is 135 cm³/mol. The number of H-pyrrole nitrogens is 1. The fourth-order valence-electron chi connectivity index (χ4n) is 4.74. The van der Waals surface area contributed by atoms with E-state index in [0.29, 0.717) is 46.3 Å². The number of hydrogen-bond donors (Lipinski definition) is 2. The van der Waals surface area contributed by atoms with Crippen molar-refractivity contribution in [3.05, 3.63) is 97.1 Å². The largest absolute Gasteiger partial charge is 0.343 e.